The number of rotatable bonds is 5. The van der Waals surface area contributed by atoms with Crippen LogP contribution in [0.5, 0.6) is 0 Å². The van der Waals surface area contributed by atoms with Crippen LogP contribution in [0.15, 0.2) is 0 Å². The van der Waals surface area contributed by atoms with Crippen LogP contribution < -0.4 is 5.32 Å². The largest absolute Gasteiger partial charge is 0.341 e. The quantitative estimate of drug-likeness (QED) is 0.805. The Hall–Kier alpha value is -1.10. The van der Waals surface area contributed by atoms with Gasteiger partial charge in [-0.05, 0) is 6.42 Å². The summed E-state index contributed by atoms with van der Waals surface area (Å²) in [6, 6.07) is 0.412. The van der Waals surface area contributed by atoms with E-state index in [0.717, 1.165) is 26.1 Å². The van der Waals surface area contributed by atoms with Crippen molar-refractivity contribution in [3.63, 3.8) is 0 Å². The number of nitrogens with zero attached hydrogens (tertiary/aromatic N) is 2. The Morgan fingerprint density at radius 3 is 2.16 bits per heavy atom. The lowest BCUT2D eigenvalue weighted by Gasteiger charge is -2.22. The summed E-state index contributed by atoms with van der Waals surface area (Å²) in [5.74, 6) is 0.384. The van der Waals surface area contributed by atoms with E-state index < -0.39 is 0 Å². The average molecular weight is 269 g/mol. The molecule has 0 aromatic rings. The third kappa shape index (κ3) is 5.59. The molecule has 1 saturated heterocycles. The van der Waals surface area contributed by atoms with Crippen LogP contribution in [0.2, 0.25) is 0 Å². The minimum atomic E-state index is 0.191. The standard InChI is InChI=1S/C14H27N3O2/c1-4-13(18)16-8-5-9-17(11-10-16)14(19)6-7-15-12(2)3/h12,15H,4-11H2,1-3H3. The Bertz CT molecular complexity index is 305. The second kappa shape index (κ2) is 8.15. The lowest BCUT2D eigenvalue weighted by molar-refractivity contribution is -0.133. The van der Waals surface area contributed by atoms with E-state index in [0.29, 0.717) is 32.0 Å². The summed E-state index contributed by atoms with van der Waals surface area (Å²) in [6.45, 7) is 9.66. The van der Waals surface area contributed by atoms with Crippen molar-refractivity contribution in [2.24, 2.45) is 0 Å². The first-order valence-electron chi connectivity index (χ1n) is 7.33. The van der Waals surface area contributed by atoms with Gasteiger partial charge in [-0.15, -0.1) is 0 Å². The molecule has 0 atom stereocenters. The van der Waals surface area contributed by atoms with Gasteiger partial charge in [0.25, 0.3) is 0 Å². The van der Waals surface area contributed by atoms with Gasteiger partial charge >= 0.3 is 0 Å². The van der Waals surface area contributed by atoms with Crippen LogP contribution in [0, 0.1) is 0 Å². The monoisotopic (exact) mass is 269 g/mol. The van der Waals surface area contributed by atoms with Crippen LogP contribution >= 0.6 is 0 Å². The van der Waals surface area contributed by atoms with Gasteiger partial charge in [-0.2, -0.15) is 0 Å². The van der Waals surface area contributed by atoms with E-state index in [1.807, 2.05) is 16.7 Å². The summed E-state index contributed by atoms with van der Waals surface area (Å²) in [6.07, 6.45) is 1.97. The highest BCUT2D eigenvalue weighted by atomic mass is 16.2. The van der Waals surface area contributed by atoms with Crippen LogP contribution in [0.25, 0.3) is 0 Å². The number of amides is 2. The topological polar surface area (TPSA) is 52.7 Å². The fourth-order valence-corrected chi connectivity index (χ4v) is 2.27. The molecule has 5 heteroatoms. The molecule has 2 amide bonds. The molecule has 0 radical (unpaired) electrons. The van der Waals surface area contributed by atoms with Crippen LogP contribution in [0.1, 0.15) is 40.0 Å². The summed E-state index contributed by atoms with van der Waals surface area (Å²) < 4.78 is 0. The highest BCUT2D eigenvalue weighted by molar-refractivity contribution is 5.77. The second-order valence-electron chi connectivity index (χ2n) is 5.33. The van der Waals surface area contributed by atoms with Crippen molar-refractivity contribution in [2.45, 2.75) is 46.1 Å². The Labute approximate surface area is 116 Å². The minimum Gasteiger partial charge on any atom is -0.341 e. The van der Waals surface area contributed by atoms with E-state index in [2.05, 4.69) is 19.2 Å². The molecule has 1 fully saturated rings. The molecule has 1 aliphatic heterocycles. The highest BCUT2D eigenvalue weighted by Crippen LogP contribution is 2.06. The molecule has 19 heavy (non-hydrogen) atoms. The van der Waals surface area contributed by atoms with Crippen molar-refractivity contribution in [1.29, 1.82) is 0 Å². The fraction of sp³-hybridized carbons (Fsp3) is 0.857. The van der Waals surface area contributed by atoms with Gasteiger partial charge in [-0.3, -0.25) is 9.59 Å². The van der Waals surface area contributed by atoms with Gasteiger partial charge in [0.15, 0.2) is 0 Å². The van der Waals surface area contributed by atoms with Gasteiger partial charge in [0.05, 0.1) is 0 Å². The molecular weight excluding hydrogens is 242 g/mol. The highest BCUT2D eigenvalue weighted by Gasteiger charge is 2.20. The summed E-state index contributed by atoms with van der Waals surface area (Å²) in [7, 11) is 0. The van der Waals surface area contributed by atoms with Gasteiger partial charge < -0.3 is 15.1 Å². The molecule has 0 aromatic carbocycles. The Morgan fingerprint density at radius 2 is 1.63 bits per heavy atom. The zero-order valence-electron chi connectivity index (χ0n) is 12.4. The van der Waals surface area contributed by atoms with Crippen molar-refractivity contribution in [2.75, 3.05) is 32.7 Å². The molecule has 0 aromatic heterocycles. The van der Waals surface area contributed by atoms with Gasteiger partial charge in [0.2, 0.25) is 11.8 Å². The first kappa shape index (κ1) is 16.0. The first-order chi connectivity index (χ1) is 9.04. The van der Waals surface area contributed by atoms with E-state index in [1.165, 1.54) is 0 Å². The molecule has 0 saturated carbocycles. The molecule has 1 aliphatic rings. The molecule has 0 bridgehead atoms. The Kier molecular flexibility index (Phi) is 6.84. The molecular formula is C14H27N3O2. The molecule has 110 valence electrons. The third-order valence-corrected chi connectivity index (χ3v) is 3.40. The normalized spacial score (nSPS) is 16.6. The molecule has 0 unspecified atom stereocenters. The van der Waals surface area contributed by atoms with E-state index >= 15 is 0 Å². The number of hydrogen-bond acceptors (Lipinski definition) is 3. The van der Waals surface area contributed by atoms with Crippen molar-refractivity contribution in [1.82, 2.24) is 15.1 Å². The maximum atomic E-state index is 12.1. The number of carbonyl (C=O) groups excluding carboxylic acids is 2. The summed E-state index contributed by atoms with van der Waals surface area (Å²) in [5.41, 5.74) is 0. The second-order valence-corrected chi connectivity index (χ2v) is 5.33. The van der Waals surface area contributed by atoms with E-state index in [1.54, 1.807) is 0 Å². The van der Waals surface area contributed by atoms with Gasteiger partial charge in [-0.1, -0.05) is 20.8 Å². The molecule has 1 rings (SSSR count). The van der Waals surface area contributed by atoms with Gasteiger partial charge in [0.1, 0.15) is 0 Å². The lowest BCUT2D eigenvalue weighted by atomic mass is 10.3. The van der Waals surface area contributed by atoms with Crippen LogP contribution in [-0.4, -0.2) is 60.4 Å². The van der Waals surface area contributed by atoms with Gasteiger partial charge in [0, 0.05) is 51.6 Å². The summed E-state index contributed by atoms with van der Waals surface area (Å²) in [5, 5.41) is 3.26. The van der Waals surface area contributed by atoms with Crippen molar-refractivity contribution in [3.05, 3.63) is 0 Å². The molecule has 0 aliphatic carbocycles. The average Bonchev–Trinajstić information content (AvgIpc) is 2.63. The molecule has 1 heterocycles. The molecule has 0 spiro atoms. The Morgan fingerprint density at radius 1 is 1.05 bits per heavy atom. The maximum Gasteiger partial charge on any atom is 0.223 e. The van der Waals surface area contributed by atoms with Crippen LogP contribution in [0.4, 0.5) is 0 Å². The first-order valence-corrected chi connectivity index (χ1v) is 7.33. The molecule has 5 nitrogen and oxygen atoms in total. The Balaban J connectivity index is 2.35. The maximum absolute atomic E-state index is 12.1. The summed E-state index contributed by atoms with van der Waals surface area (Å²) >= 11 is 0. The SMILES string of the molecule is CCC(=O)N1CCCN(C(=O)CCNC(C)C)CC1. The predicted octanol–water partition coefficient (Wildman–Crippen LogP) is 0.845. The number of carbonyl (C=O) groups is 2. The summed E-state index contributed by atoms with van der Waals surface area (Å²) in [4.78, 5) is 27.5. The van der Waals surface area contributed by atoms with Crippen molar-refractivity contribution in [3.8, 4) is 0 Å². The van der Waals surface area contributed by atoms with Crippen molar-refractivity contribution >= 4 is 11.8 Å². The lowest BCUT2D eigenvalue weighted by Crippen LogP contribution is -2.38. The van der Waals surface area contributed by atoms with Gasteiger partial charge in [-0.25, -0.2) is 0 Å². The number of nitrogens with one attached hydrogen (secondary N) is 1. The zero-order chi connectivity index (χ0) is 14.3. The fourth-order valence-electron chi connectivity index (χ4n) is 2.27. The minimum absolute atomic E-state index is 0.191. The van der Waals surface area contributed by atoms with Crippen LogP contribution in [0.3, 0.4) is 0 Å². The third-order valence-electron chi connectivity index (χ3n) is 3.40. The number of hydrogen-bond donors (Lipinski definition) is 1. The van der Waals surface area contributed by atoms with E-state index in [9.17, 15) is 9.59 Å². The molecule has 1 N–H and O–H groups in total. The van der Waals surface area contributed by atoms with E-state index in [-0.39, 0.29) is 11.8 Å². The van der Waals surface area contributed by atoms with Crippen LogP contribution in [-0.2, 0) is 9.59 Å². The smallest absolute Gasteiger partial charge is 0.223 e. The van der Waals surface area contributed by atoms with Crippen molar-refractivity contribution < 1.29 is 9.59 Å². The zero-order valence-corrected chi connectivity index (χ0v) is 12.4. The predicted molar refractivity (Wildman–Crippen MR) is 75.8 cm³/mol. The van der Waals surface area contributed by atoms with E-state index in [4.69, 9.17) is 0 Å².